The van der Waals surface area contributed by atoms with Gasteiger partial charge in [0.05, 0.1) is 48.0 Å². The van der Waals surface area contributed by atoms with E-state index in [1.54, 1.807) is 62.3 Å². The number of ketones is 1. The molecule has 4 fully saturated rings. The minimum atomic E-state index is -1.72. The van der Waals surface area contributed by atoms with Gasteiger partial charge >= 0.3 is 18.1 Å². The van der Waals surface area contributed by atoms with Crippen LogP contribution in [0.4, 0.5) is 4.79 Å². The second-order valence-corrected chi connectivity index (χ2v) is 18.0. The fourth-order valence-corrected chi connectivity index (χ4v) is 9.89. The van der Waals surface area contributed by atoms with Crippen LogP contribution in [0.5, 0.6) is 0 Å². The Bertz CT molecular complexity index is 1410. The van der Waals surface area contributed by atoms with Crippen molar-refractivity contribution in [3.63, 3.8) is 0 Å². The molecule has 56 heavy (non-hydrogen) atoms. The number of esters is 2. The molecule has 18 atom stereocenters. The summed E-state index contributed by atoms with van der Waals surface area (Å²) in [6, 6.07) is -0.213. The molecule has 0 radical (unpaired) electrons. The summed E-state index contributed by atoms with van der Waals surface area (Å²) < 4.78 is 49.1. The molecule has 2 N–H and O–H groups in total. The largest absolute Gasteiger partial charge is 0.509 e. The summed E-state index contributed by atoms with van der Waals surface area (Å²) in [5, 5.41) is 24.3. The number of aliphatic hydroxyl groups excluding tert-OH is 1. The Morgan fingerprint density at radius 1 is 0.929 bits per heavy atom. The van der Waals surface area contributed by atoms with E-state index in [4.69, 9.17) is 37.9 Å². The number of hydrogen-bond acceptors (Lipinski definition) is 15. The van der Waals surface area contributed by atoms with E-state index in [2.05, 4.69) is 6.92 Å². The zero-order valence-electron chi connectivity index (χ0n) is 35.9. The van der Waals surface area contributed by atoms with Gasteiger partial charge in [-0.3, -0.25) is 14.4 Å². The Balaban J connectivity index is 1.84. The number of methoxy groups -OCH3 is 1. The molecule has 0 spiro atoms. The molecule has 0 bridgehead atoms. The van der Waals surface area contributed by atoms with Gasteiger partial charge in [0.25, 0.3) is 0 Å². The Morgan fingerprint density at radius 3 is 2.14 bits per heavy atom. The average molecular weight is 800 g/mol. The highest BCUT2D eigenvalue weighted by Gasteiger charge is 2.59. The number of hydrogen-bond donors (Lipinski definition) is 2. The number of Topliss-reactive ketones (excluding diaryl/α,β-unsaturated/α-hetero) is 1. The third kappa shape index (κ3) is 9.55. The molecular formula is C41H69NO14. The van der Waals surface area contributed by atoms with Crippen LogP contribution in [0.1, 0.15) is 108 Å². The molecule has 0 aromatic rings. The lowest BCUT2D eigenvalue weighted by atomic mass is 9.73. The lowest BCUT2D eigenvalue weighted by Crippen LogP contribution is -2.61. The summed E-state index contributed by atoms with van der Waals surface area (Å²) in [4.78, 5) is 55.4. The van der Waals surface area contributed by atoms with Gasteiger partial charge in [0, 0.05) is 38.3 Å². The van der Waals surface area contributed by atoms with Crippen LogP contribution < -0.4 is 0 Å². The number of nitrogens with zero attached hydrogens (tertiary/aromatic N) is 1. The molecule has 15 nitrogen and oxygen atoms in total. The number of cyclic esters (lactones) is 1. The lowest BCUT2D eigenvalue weighted by Gasteiger charge is -2.49. The topological polar surface area (TPSA) is 186 Å². The van der Waals surface area contributed by atoms with E-state index in [1.165, 1.54) is 14.0 Å². The number of likely N-dealkylation sites (N-methyl/N-ethyl adjacent to an activating group) is 1. The van der Waals surface area contributed by atoms with Crippen molar-refractivity contribution in [2.75, 3.05) is 21.2 Å². The van der Waals surface area contributed by atoms with E-state index in [9.17, 15) is 29.4 Å². The van der Waals surface area contributed by atoms with Crippen LogP contribution in [0.25, 0.3) is 0 Å². The molecule has 17 unspecified atom stereocenters. The molecule has 3 aliphatic heterocycles. The summed E-state index contributed by atoms with van der Waals surface area (Å²) in [5.74, 6) is -4.72. The van der Waals surface area contributed by atoms with Crippen molar-refractivity contribution in [3.05, 3.63) is 0 Å². The van der Waals surface area contributed by atoms with Crippen LogP contribution in [0.15, 0.2) is 0 Å². The van der Waals surface area contributed by atoms with E-state index in [1.807, 2.05) is 19.0 Å². The Hall–Kier alpha value is -2.40. The van der Waals surface area contributed by atoms with Crippen LogP contribution in [0, 0.1) is 29.6 Å². The van der Waals surface area contributed by atoms with Gasteiger partial charge in [-0.1, -0.05) is 34.6 Å². The fraction of sp³-hybridized carbons (Fsp3) is 0.902. The molecule has 4 rings (SSSR count). The minimum Gasteiger partial charge on any atom is -0.458 e. The number of carbonyl (C=O) groups excluding carboxylic acids is 4. The van der Waals surface area contributed by atoms with Crippen molar-refractivity contribution in [2.24, 2.45) is 29.6 Å². The first-order valence-corrected chi connectivity index (χ1v) is 20.3. The highest BCUT2D eigenvalue weighted by Crippen LogP contribution is 2.44. The zero-order chi connectivity index (χ0) is 42.2. The summed E-state index contributed by atoms with van der Waals surface area (Å²) in [7, 11) is 5.32. The SMILES string of the molecule is CC[C@H]1OC(=O)C(C)C(OC2CC(C)(OC)C(OC(C)=O)C(C)O2)C(C)C(OC2CC(C)CC(N(C)C)C2O)C(C)(O)CC(C)C(=O)C(C)C2OC(=O)OC21C. The molecule has 0 amide bonds. The molecule has 1 aliphatic carbocycles. The number of fused-ring (bicyclic) bond motifs is 1. The lowest BCUT2D eigenvalue weighted by molar-refractivity contribution is -0.304. The van der Waals surface area contributed by atoms with Gasteiger partial charge in [0.1, 0.15) is 17.5 Å². The number of ether oxygens (including phenoxy) is 8. The predicted molar refractivity (Wildman–Crippen MR) is 202 cm³/mol. The summed E-state index contributed by atoms with van der Waals surface area (Å²) >= 11 is 0. The van der Waals surface area contributed by atoms with Crippen molar-refractivity contribution >= 4 is 23.9 Å². The first kappa shape index (κ1) is 46.3. The Morgan fingerprint density at radius 2 is 1.57 bits per heavy atom. The smallest absolute Gasteiger partial charge is 0.458 e. The number of rotatable bonds is 8. The maximum Gasteiger partial charge on any atom is 0.509 e. The summed E-state index contributed by atoms with van der Waals surface area (Å²) in [6.07, 6.45) is -7.69. The molecule has 15 heteroatoms. The molecule has 322 valence electrons. The van der Waals surface area contributed by atoms with Crippen LogP contribution >= 0.6 is 0 Å². The van der Waals surface area contributed by atoms with Gasteiger partial charge in [-0.15, -0.1) is 0 Å². The highest BCUT2D eigenvalue weighted by atomic mass is 16.8. The van der Waals surface area contributed by atoms with Gasteiger partial charge in [0.15, 0.2) is 24.1 Å². The molecule has 4 aliphatic rings. The molecule has 3 heterocycles. The van der Waals surface area contributed by atoms with Crippen LogP contribution in [0.2, 0.25) is 0 Å². The highest BCUT2D eigenvalue weighted by molar-refractivity contribution is 5.84. The number of carbonyl (C=O) groups is 4. The molecular weight excluding hydrogens is 730 g/mol. The van der Waals surface area contributed by atoms with Crippen LogP contribution in [-0.4, -0.2) is 138 Å². The predicted octanol–water partition coefficient (Wildman–Crippen LogP) is 4.20. The summed E-state index contributed by atoms with van der Waals surface area (Å²) in [5.41, 5.74) is -4.26. The van der Waals surface area contributed by atoms with Gasteiger partial charge in [-0.2, -0.15) is 0 Å². The van der Waals surface area contributed by atoms with E-state index >= 15 is 0 Å². The van der Waals surface area contributed by atoms with Gasteiger partial charge in [-0.25, -0.2) is 4.79 Å². The van der Waals surface area contributed by atoms with Gasteiger partial charge in [0.2, 0.25) is 0 Å². The van der Waals surface area contributed by atoms with Gasteiger partial charge < -0.3 is 53.0 Å². The average Bonchev–Trinajstić information content (AvgIpc) is 3.42. The normalized spacial score (nSPS) is 46.9. The maximum absolute atomic E-state index is 14.4. The molecule has 3 saturated heterocycles. The van der Waals surface area contributed by atoms with E-state index in [-0.39, 0.29) is 37.0 Å². The van der Waals surface area contributed by atoms with Crippen molar-refractivity contribution < 1.29 is 67.3 Å². The first-order valence-electron chi connectivity index (χ1n) is 20.3. The van der Waals surface area contributed by atoms with Crippen LogP contribution in [0.3, 0.4) is 0 Å². The van der Waals surface area contributed by atoms with Crippen molar-refractivity contribution in [2.45, 2.75) is 186 Å². The van der Waals surface area contributed by atoms with Crippen molar-refractivity contribution in [1.82, 2.24) is 4.90 Å². The maximum atomic E-state index is 14.4. The van der Waals surface area contributed by atoms with Crippen molar-refractivity contribution in [1.29, 1.82) is 0 Å². The quantitative estimate of drug-likeness (QED) is 0.263. The third-order valence-electron chi connectivity index (χ3n) is 13.0. The fourth-order valence-electron chi connectivity index (χ4n) is 9.89. The van der Waals surface area contributed by atoms with E-state index in [0.717, 1.165) is 6.42 Å². The Kier molecular flexibility index (Phi) is 14.7. The van der Waals surface area contributed by atoms with E-state index in [0.29, 0.717) is 6.42 Å². The van der Waals surface area contributed by atoms with Crippen LogP contribution in [-0.2, 0) is 52.3 Å². The van der Waals surface area contributed by atoms with E-state index < -0.39 is 114 Å². The monoisotopic (exact) mass is 799 g/mol. The molecule has 1 saturated carbocycles. The standard InChI is InChI=1S/C41H69NO14/c1-15-29-41(11)35(55-38(47)56-41)22(4)31(44)21(3)18-39(9,48)34(52-28-17-20(2)16-27(32(28)45)42(12)13)23(5)33(24(6)37(46)53-29)54-30-19-40(10,49-14)36(25(7)50-30)51-26(8)43/h20-25,27-30,32-36,45,48H,15-19H2,1-14H3/t20?,21?,22?,23?,24?,25?,27?,28?,29-,30?,32?,33?,34?,35?,36?,39?,40?,41?/m1/s1. The van der Waals surface area contributed by atoms with Gasteiger partial charge in [-0.05, 0) is 80.3 Å². The summed E-state index contributed by atoms with van der Waals surface area (Å²) in [6.45, 7) is 18.7. The number of aliphatic hydroxyl groups is 2. The molecule has 0 aromatic carbocycles. The van der Waals surface area contributed by atoms with Crippen molar-refractivity contribution in [3.8, 4) is 0 Å². The zero-order valence-corrected chi connectivity index (χ0v) is 35.9. The third-order valence-corrected chi connectivity index (χ3v) is 13.0. The second kappa shape index (κ2) is 17.8. The minimum absolute atomic E-state index is 0.0651. The second-order valence-electron chi connectivity index (χ2n) is 18.0. The molecule has 0 aromatic heterocycles. The Labute approximate surface area is 332 Å². The first-order chi connectivity index (χ1) is 25.9.